The number of ether oxygens (including phenoxy) is 2. The number of carbonyl (C=O) groups excluding carboxylic acids is 2. The largest absolute Gasteiger partial charge is 0.506 e. The van der Waals surface area contributed by atoms with Crippen molar-refractivity contribution in [3.05, 3.63) is 47.5 Å². The van der Waals surface area contributed by atoms with Gasteiger partial charge in [-0.3, -0.25) is 10.6 Å². The molecule has 8 nitrogen and oxygen atoms in total. The van der Waals surface area contributed by atoms with Crippen molar-refractivity contribution < 1.29 is 55.6 Å². The maximum absolute atomic E-state index is 14.4. The van der Waals surface area contributed by atoms with Crippen LogP contribution in [0.4, 0.5) is 47.3 Å². The van der Waals surface area contributed by atoms with Gasteiger partial charge >= 0.3 is 24.5 Å². The minimum absolute atomic E-state index is 0.206. The summed E-state index contributed by atoms with van der Waals surface area (Å²) in [6.07, 6.45) is -14.3. The van der Waals surface area contributed by atoms with Crippen molar-refractivity contribution in [1.29, 1.82) is 0 Å². The average molecular weight is 566 g/mol. The highest BCUT2D eigenvalue weighted by molar-refractivity contribution is 5.88. The monoisotopic (exact) mass is 566 g/mol. The van der Waals surface area contributed by atoms with Gasteiger partial charge in [-0.25, -0.2) is 9.59 Å². The van der Waals surface area contributed by atoms with Gasteiger partial charge in [0.15, 0.2) is 0 Å². The van der Waals surface area contributed by atoms with Gasteiger partial charge in [0.05, 0.1) is 11.4 Å². The fourth-order valence-electron chi connectivity index (χ4n) is 3.55. The zero-order valence-corrected chi connectivity index (χ0v) is 21.8. The van der Waals surface area contributed by atoms with Crippen molar-refractivity contribution in [3.8, 4) is 11.5 Å². The normalized spacial score (nSPS) is 13.0. The zero-order valence-electron chi connectivity index (χ0n) is 21.8. The number of carbonyl (C=O) groups is 2. The number of phenolic OH excluding ortho intramolecular Hbond substituents is 2. The molecule has 0 saturated carbocycles. The van der Waals surface area contributed by atoms with Gasteiger partial charge in [-0.2, -0.15) is 26.3 Å². The second-order valence-electron chi connectivity index (χ2n) is 10.5. The summed E-state index contributed by atoms with van der Waals surface area (Å²) in [5.74, 6) is -2.22. The number of rotatable bonds is 4. The predicted molar refractivity (Wildman–Crippen MR) is 129 cm³/mol. The highest BCUT2D eigenvalue weighted by atomic mass is 19.4. The fourth-order valence-corrected chi connectivity index (χ4v) is 3.55. The van der Waals surface area contributed by atoms with E-state index in [1.54, 1.807) is 0 Å². The van der Waals surface area contributed by atoms with Gasteiger partial charge in [-0.15, -0.1) is 0 Å². The Hall–Kier alpha value is -3.84. The molecule has 0 aliphatic heterocycles. The molecule has 0 aliphatic rings. The molecular weight excluding hydrogens is 538 g/mol. The molecule has 0 saturated heterocycles. The van der Waals surface area contributed by atoms with E-state index in [1.807, 2.05) is 10.6 Å². The maximum Gasteiger partial charge on any atom is 0.412 e. The second-order valence-corrected chi connectivity index (χ2v) is 10.5. The minimum atomic E-state index is -6.04. The summed E-state index contributed by atoms with van der Waals surface area (Å²) in [6, 6.07) is 2.57. The van der Waals surface area contributed by atoms with Crippen LogP contribution in [0.25, 0.3) is 0 Å². The van der Waals surface area contributed by atoms with Crippen molar-refractivity contribution in [2.45, 2.75) is 70.5 Å². The van der Waals surface area contributed by atoms with Crippen LogP contribution in [0.15, 0.2) is 36.4 Å². The van der Waals surface area contributed by atoms with E-state index in [4.69, 9.17) is 9.47 Å². The number of amides is 2. The number of halogens is 6. The molecule has 14 heteroatoms. The third-order valence-corrected chi connectivity index (χ3v) is 4.98. The van der Waals surface area contributed by atoms with Crippen LogP contribution in [0, 0.1) is 0 Å². The zero-order chi connectivity index (χ0) is 30.2. The highest BCUT2D eigenvalue weighted by Crippen LogP contribution is 2.57. The number of aromatic hydroxyl groups is 2. The number of phenols is 2. The Morgan fingerprint density at radius 1 is 0.641 bits per heavy atom. The third-order valence-electron chi connectivity index (χ3n) is 4.98. The number of nitrogens with one attached hydrogen (secondary N) is 2. The Morgan fingerprint density at radius 2 is 0.949 bits per heavy atom. The van der Waals surface area contributed by atoms with E-state index in [0.29, 0.717) is 24.3 Å². The highest BCUT2D eigenvalue weighted by Gasteiger charge is 2.72. The van der Waals surface area contributed by atoms with E-state index >= 15 is 0 Å². The van der Waals surface area contributed by atoms with E-state index in [0.717, 1.165) is 0 Å². The van der Waals surface area contributed by atoms with Gasteiger partial charge in [-0.05, 0) is 76.9 Å². The number of hydrogen-bond acceptors (Lipinski definition) is 6. The Labute approximate surface area is 219 Å². The molecule has 2 aromatic rings. The molecule has 216 valence electrons. The predicted octanol–water partition coefficient (Wildman–Crippen LogP) is 7.20. The molecule has 4 N–H and O–H groups in total. The first-order valence-electron chi connectivity index (χ1n) is 11.3. The smallest absolute Gasteiger partial charge is 0.412 e. The molecule has 0 fully saturated rings. The number of alkyl halides is 6. The second kappa shape index (κ2) is 10.4. The van der Waals surface area contributed by atoms with Gasteiger partial charge in [0, 0.05) is 0 Å². The number of benzene rings is 2. The topological polar surface area (TPSA) is 117 Å². The Balaban J connectivity index is 2.63. The third kappa shape index (κ3) is 7.18. The molecular formula is C25H28F6N2O6. The summed E-state index contributed by atoms with van der Waals surface area (Å²) in [4.78, 5) is 23.9. The summed E-state index contributed by atoms with van der Waals surface area (Å²) < 4.78 is 96.5. The van der Waals surface area contributed by atoms with E-state index in [1.165, 1.54) is 41.5 Å². The summed E-state index contributed by atoms with van der Waals surface area (Å²) in [5.41, 5.74) is -10.6. The molecule has 0 spiro atoms. The first-order valence-corrected chi connectivity index (χ1v) is 11.3. The Bertz CT molecular complexity index is 1130. The van der Waals surface area contributed by atoms with Gasteiger partial charge in [0.25, 0.3) is 0 Å². The molecule has 0 unspecified atom stereocenters. The van der Waals surface area contributed by atoms with Crippen LogP contribution in [0.1, 0.15) is 52.7 Å². The van der Waals surface area contributed by atoms with Crippen molar-refractivity contribution >= 4 is 23.6 Å². The lowest BCUT2D eigenvalue weighted by Crippen LogP contribution is -2.54. The Kier molecular flexibility index (Phi) is 8.35. The molecule has 0 atom stereocenters. The fraction of sp³-hybridized carbons (Fsp3) is 0.440. The summed E-state index contributed by atoms with van der Waals surface area (Å²) >= 11 is 0. The van der Waals surface area contributed by atoms with Crippen LogP contribution in [-0.2, 0) is 14.9 Å². The average Bonchev–Trinajstić information content (AvgIpc) is 2.67. The van der Waals surface area contributed by atoms with E-state index < -0.39 is 75.2 Å². The van der Waals surface area contributed by atoms with Crippen LogP contribution >= 0.6 is 0 Å². The summed E-state index contributed by atoms with van der Waals surface area (Å²) in [7, 11) is 0. The van der Waals surface area contributed by atoms with Crippen LogP contribution in [-0.4, -0.2) is 46.0 Å². The molecule has 0 bridgehead atoms. The molecule has 2 aromatic carbocycles. The van der Waals surface area contributed by atoms with Crippen molar-refractivity contribution in [2.75, 3.05) is 10.6 Å². The quantitative estimate of drug-likeness (QED) is 0.230. The summed E-state index contributed by atoms with van der Waals surface area (Å²) in [6.45, 7) is 9.08. The van der Waals surface area contributed by atoms with Crippen molar-refractivity contribution in [2.24, 2.45) is 0 Å². The standard InChI is InChI=1S/C25H28F6N2O6/c1-21(2,3)38-19(36)32-15-9-7-13(11-17(15)34)23(24(26,27)28,25(29,30)31)14-8-10-16(18(35)12-14)33-20(37)39-22(4,5)6/h7-12,34-35H,1-6H3,(H,32,36)(H,33,37). The van der Waals surface area contributed by atoms with E-state index in [-0.39, 0.29) is 12.1 Å². The number of hydrogen-bond donors (Lipinski definition) is 4. The molecule has 2 rings (SSSR count). The molecule has 0 radical (unpaired) electrons. The van der Waals surface area contributed by atoms with Crippen LogP contribution < -0.4 is 10.6 Å². The van der Waals surface area contributed by atoms with Crippen LogP contribution in [0.3, 0.4) is 0 Å². The maximum atomic E-state index is 14.4. The lowest BCUT2D eigenvalue weighted by molar-refractivity contribution is -0.288. The molecule has 0 aromatic heterocycles. The van der Waals surface area contributed by atoms with Gasteiger partial charge in [0.2, 0.25) is 5.41 Å². The van der Waals surface area contributed by atoms with Crippen molar-refractivity contribution in [1.82, 2.24) is 0 Å². The van der Waals surface area contributed by atoms with E-state index in [2.05, 4.69) is 0 Å². The van der Waals surface area contributed by atoms with Crippen molar-refractivity contribution in [3.63, 3.8) is 0 Å². The molecule has 39 heavy (non-hydrogen) atoms. The minimum Gasteiger partial charge on any atom is -0.506 e. The van der Waals surface area contributed by atoms with Crippen LogP contribution in [0.5, 0.6) is 11.5 Å². The molecule has 0 aliphatic carbocycles. The lowest BCUT2D eigenvalue weighted by atomic mass is 9.72. The SMILES string of the molecule is CC(C)(C)OC(=O)Nc1ccc(C(c2ccc(NC(=O)OC(C)(C)C)c(O)c2)(C(F)(F)F)C(F)(F)F)cc1O. The summed E-state index contributed by atoms with van der Waals surface area (Å²) in [5, 5.41) is 24.6. The Morgan fingerprint density at radius 3 is 1.18 bits per heavy atom. The van der Waals surface area contributed by atoms with E-state index in [9.17, 15) is 46.1 Å². The van der Waals surface area contributed by atoms with Crippen LogP contribution in [0.2, 0.25) is 0 Å². The lowest BCUT2D eigenvalue weighted by Gasteiger charge is -2.38. The first-order chi connectivity index (χ1) is 17.5. The first kappa shape index (κ1) is 31.4. The molecule has 0 heterocycles. The van der Waals surface area contributed by atoms with Gasteiger partial charge < -0.3 is 19.7 Å². The van der Waals surface area contributed by atoms with Gasteiger partial charge in [0.1, 0.15) is 22.7 Å². The van der Waals surface area contributed by atoms with Gasteiger partial charge in [-0.1, -0.05) is 12.1 Å². The number of anilines is 2. The molecule has 2 amide bonds.